The molecule has 1 heterocycles. The topological polar surface area (TPSA) is 68.0 Å². The molecule has 4 heteroatoms. The molecule has 0 aliphatic rings. The Bertz CT molecular complexity index is 314. The molecule has 0 radical (unpaired) electrons. The number of carbonyl (C=O) groups is 1. The molecule has 0 unspecified atom stereocenters. The summed E-state index contributed by atoms with van der Waals surface area (Å²) in [6.45, 7) is 1.41. The molecule has 0 aliphatic heterocycles. The fraction of sp³-hybridized carbons (Fsp3) is 0.538. The summed E-state index contributed by atoms with van der Waals surface area (Å²) in [6, 6.07) is 3.93. The van der Waals surface area contributed by atoms with Crippen LogP contribution in [0.1, 0.15) is 31.2 Å². The van der Waals surface area contributed by atoms with E-state index in [9.17, 15) is 4.79 Å². The Morgan fingerprint density at radius 3 is 2.71 bits per heavy atom. The average Bonchev–Trinajstić information content (AvgIpc) is 2.36. The number of nitrogens with zero attached hydrogens (tertiary/aromatic N) is 1. The molecule has 4 nitrogen and oxygen atoms in total. The van der Waals surface area contributed by atoms with E-state index in [0.717, 1.165) is 25.7 Å². The Morgan fingerprint density at radius 1 is 1.24 bits per heavy atom. The number of hydrogen-bond donors (Lipinski definition) is 2. The Kier molecular flexibility index (Phi) is 6.98. The van der Waals surface area contributed by atoms with Gasteiger partial charge in [0.05, 0.1) is 0 Å². The van der Waals surface area contributed by atoms with Crippen LogP contribution in [0.3, 0.4) is 0 Å². The molecule has 1 amide bonds. The van der Waals surface area contributed by atoms with Crippen LogP contribution in [0, 0.1) is 0 Å². The monoisotopic (exact) mass is 235 g/mol. The van der Waals surface area contributed by atoms with E-state index in [4.69, 9.17) is 5.73 Å². The van der Waals surface area contributed by atoms with Crippen LogP contribution in [0.2, 0.25) is 0 Å². The maximum atomic E-state index is 11.4. The maximum absolute atomic E-state index is 11.4. The molecule has 17 heavy (non-hydrogen) atoms. The zero-order valence-electron chi connectivity index (χ0n) is 10.2. The summed E-state index contributed by atoms with van der Waals surface area (Å²) in [5, 5.41) is 2.92. The maximum Gasteiger partial charge on any atom is 0.220 e. The third-order valence-corrected chi connectivity index (χ3v) is 2.59. The van der Waals surface area contributed by atoms with Gasteiger partial charge in [-0.1, -0.05) is 6.42 Å². The molecule has 0 fully saturated rings. The highest BCUT2D eigenvalue weighted by Crippen LogP contribution is 1.99. The van der Waals surface area contributed by atoms with Crippen molar-refractivity contribution >= 4 is 5.91 Å². The largest absolute Gasteiger partial charge is 0.356 e. The summed E-state index contributed by atoms with van der Waals surface area (Å²) in [7, 11) is 0. The van der Waals surface area contributed by atoms with Crippen LogP contribution in [-0.4, -0.2) is 24.0 Å². The highest BCUT2D eigenvalue weighted by molar-refractivity contribution is 5.75. The molecule has 3 N–H and O–H groups in total. The lowest BCUT2D eigenvalue weighted by Gasteiger charge is -2.05. The van der Waals surface area contributed by atoms with Crippen LogP contribution in [0.15, 0.2) is 24.5 Å². The minimum atomic E-state index is 0.135. The summed E-state index contributed by atoms with van der Waals surface area (Å²) < 4.78 is 0. The smallest absolute Gasteiger partial charge is 0.220 e. The zero-order valence-corrected chi connectivity index (χ0v) is 10.2. The van der Waals surface area contributed by atoms with E-state index in [2.05, 4.69) is 10.3 Å². The molecule has 1 aromatic rings. The molecular formula is C13H21N3O. The average molecular weight is 235 g/mol. The van der Waals surface area contributed by atoms with E-state index >= 15 is 0 Å². The zero-order chi connectivity index (χ0) is 12.3. The fourth-order valence-electron chi connectivity index (χ4n) is 1.59. The third-order valence-electron chi connectivity index (χ3n) is 2.59. The predicted molar refractivity (Wildman–Crippen MR) is 68.5 cm³/mol. The van der Waals surface area contributed by atoms with E-state index in [1.807, 2.05) is 12.1 Å². The van der Waals surface area contributed by atoms with Gasteiger partial charge in [0, 0.05) is 25.4 Å². The second-order valence-electron chi connectivity index (χ2n) is 4.05. The highest BCUT2D eigenvalue weighted by atomic mass is 16.1. The third kappa shape index (κ3) is 6.68. The van der Waals surface area contributed by atoms with Gasteiger partial charge in [-0.25, -0.2) is 0 Å². The van der Waals surface area contributed by atoms with Crippen LogP contribution in [-0.2, 0) is 11.2 Å². The second-order valence-corrected chi connectivity index (χ2v) is 4.05. The van der Waals surface area contributed by atoms with Gasteiger partial charge in [-0.05, 0) is 43.5 Å². The SMILES string of the molecule is NCCCCCC(=O)NCCc1ccncc1. The van der Waals surface area contributed by atoms with Crippen molar-refractivity contribution in [2.75, 3.05) is 13.1 Å². The number of hydrogen-bond acceptors (Lipinski definition) is 3. The van der Waals surface area contributed by atoms with Crippen molar-refractivity contribution in [3.8, 4) is 0 Å². The molecule has 0 spiro atoms. The molecule has 0 aliphatic carbocycles. The van der Waals surface area contributed by atoms with Gasteiger partial charge < -0.3 is 11.1 Å². The molecule has 0 saturated heterocycles. The number of unbranched alkanes of at least 4 members (excludes halogenated alkanes) is 2. The van der Waals surface area contributed by atoms with Crippen molar-refractivity contribution in [3.63, 3.8) is 0 Å². The summed E-state index contributed by atoms with van der Waals surface area (Å²) >= 11 is 0. The van der Waals surface area contributed by atoms with Crippen molar-refractivity contribution < 1.29 is 4.79 Å². The van der Waals surface area contributed by atoms with Crippen LogP contribution in [0.4, 0.5) is 0 Å². The van der Waals surface area contributed by atoms with Crippen molar-refractivity contribution in [2.24, 2.45) is 5.73 Å². The molecule has 0 saturated carbocycles. The first-order chi connectivity index (χ1) is 8.33. The molecule has 1 rings (SSSR count). The first-order valence-electron chi connectivity index (χ1n) is 6.18. The number of amides is 1. The fourth-order valence-corrected chi connectivity index (χ4v) is 1.59. The standard InChI is InChI=1S/C13H21N3O/c14-8-3-1-2-4-13(17)16-11-7-12-5-9-15-10-6-12/h5-6,9-10H,1-4,7-8,11,14H2,(H,16,17). The summed E-state index contributed by atoms with van der Waals surface area (Å²) in [5.41, 5.74) is 6.58. The second kappa shape index (κ2) is 8.70. The Morgan fingerprint density at radius 2 is 2.00 bits per heavy atom. The molecule has 0 aromatic carbocycles. The van der Waals surface area contributed by atoms with E-state index in [-0.39, 0.29) is 5.91 Å². The van der Waals surface area contributed by atoms with Crippen LogP contribution in [0.5, 0.6) is 0 Å². The van der Waals surface area contributed by atoms with Gasteiger partial charge in [-0.3, -0.25) is 9.78 Å². The van der Waals surface area contributed by atoms with E-state index in [1.54, 1.807) is 12.4 Å². The van der Waals surface area contributed by atoms with E-state index < -0.39 is 0 Å². The number of carbonyl (C=O) groups excluding carboxylic acids is 1. The summed E-state index contributed by atoms with van der Waals surface area (Å²) in [6.07, 6.45) is 7.97. The number of pyridine rings is 1. The minimum absolute atomic E-state index is 0.135. The van der Waals surface area contributed by atoms with Crippen LogP contribution < -0.4 is 11.1 Å². The Hall–Kier alpha value is -1.42. The first kappa shape index (κ1) is 13.6. The van der Waals surface area contributed by atoms with E-state index in [1.165, 1.54) is 5.56 Å². The highest BCUT2D eigenvalue weighted by Gasteiger charge is 2.00. The van der Waals surface area contributed by atoms with Crippen molar-refractivity contribution in [1.29, 1.82) is 0 Å². The minimum Gasteiger partial charge on any atom is -0.356 e. The van der Waals surface area contributed by atoms with Crippen LogP contribution in [0.25, 0.3) is 0 Å². The Labute approximate surface area is 103 Å². The van der Waals surface area contributed by atoms with Gasteiger partial charge in [-0.2, -0.15) is 0 Å². The van der Waals surface area contributed by atoms with Crippen LogP contribution >= 0.6 is 0 Å². The Balaban J connectivity index is 2.04. The molecular weight excluding hydrogens is 214 g/mol. The number of aromatic nitrogens is 1. The van der Waals surface area contributed by atoms with Gasteiger partial charge in [-0.15, -0.1) is 0 Å². The number of nitrogens with one attached hydrogen (secondary N) is 1. The normalized spacial score (nSPS) is 10.2. The molecule has 0 atom stereocenters. The predicted octanol–water partition coefficient (Wildman–Crippen LogP) is 1.26. The van der Waals surface area contributed by atoms with Crippen molar-refractivity contribution in [1.82, 2.24) is 10.3 Å². The lowest BCUT2D eigenvalue weighted by molar-refractivity contribution is -0.121. The van der Waals surface area contributed by atoms with Gasteiger partial charge in [0.25, 0.3) is 0 Å². The van der Waals surface area contributed by atoms with Crippen molar-refractivity contribution in [3.05, 3.63) is 30.1 Å². The lowest BCUT2D eigenvalue weighted by atomic mass is 10.2. The number of nitrogens with two attached hydrogens (primary N) is 1. The van der Waals surface area contributed by atoms with Gasteiger partial charge in [0.2, 0.25) is 5.91 Å². The van der Waals surface area contributed by atoms with Crippen molar-refractivity contribution in [2.45, 2.75) is 32.1 Å². The summed E-state index contributed by atoms with van der Waals surface area (Å²) in [5.74, 6) is 0.135. The van der Waals surface area contributed by atoms with Gasteiger partial charge in [0.15, 0.2) is 0 Å². The first-order valence-corrected chi connectivity index (χ1v) is 6.18. The molecule has 94 valence electrons. The van der Waals surface area contributed by atoms with Gasteiger partial charge >= 0.3 is 0 Å². The lowest BCUT2D eigenvalue weighted by Crippen LogP contribution is -2.25. The quantitative estimate of drug-likeness (QED) is 0.666. The van der Waals surface area contributed by atoms with E-state index in [0.29, 0.717) is 19.5 Å². The number of rotatable bonds is 8. The molecule has 1 aromatic heterocycles. The van der Waals surface area contributed by atoms with Gasteiger partial charge in [0.1, 0.15) is 0 Å². The summed E-state index contributed by atoms with van der Waals surface area (Å²) in [4.78, 5) is 15.4. The molecule has 0 bridgehead atoms.